The molecule has 2 fully saturated rings. The number of amides is 4. The van der Waals surface area contributed by atoms with Crippen LogP contribution in [-0.4, -0.2) is 64.3 Å². The largest absolute Gasteiger partial charge is 0.338 e. The number of likely N-dealkylation sites (tertiary alicyclic amines) is 1. The van der Waals surface area contributed by atoms with E-state index in [1.54, 1.807) is 31.2 Å². The molecular formula is C22H22Cl2FN5O3. The first-order valence-corrected chi connectivity index (χ1v) is 11.2. The van der Waals surface area contributed by atoms with Crippen molar-refractivity contribution in [3.05, 3.63) is 58.0 Å². The van der Waals surface area contributed by atoms with Crippen LogP contribution in [0.15, 0.2) is 36.5 Å². The molecule has 1 atom stereocenters. The number of nitrogens with one attached hydrogen (secondary N) is 1. The van der Waals surface area contributed by atoms with E-state index in [0.717, 1.165) is 16.5 Å². The second-order valence-electron chi connectivity index (χ2n) is 8.06. The Hall–Kier alpha value is -2.91. The van der Waals surface area contributed by atoms with Gasteiger partial charge in [0.15, 0.2) is 17.2 Å². The van der Waals surface area contributed by atoms with Gasteiger partial charge in [-0.15, -0.1) is 0 Å². The van der Waals surface area contributed by atoms with Crippen LogP contribution in [0.3, 0.4) is 0 Å². The Kier molecular flexibility index (Phi) is 6.20. The van der Waals surface area contributed by atoms with E-state index < -0.39 is 23.3 Å². The minimum Gasteiger partial charge on any atom is -0.338 e. The molecule has 33 heavy (non-hydrogen) atoms. The first-order valence-electron chi connectivity index (χ1n) is 10.4. The van der Waals surface area contributed by atoms with Crippen molar-refractivity contribution in [2.75, 3.05) is 31.1 Å². The van der Waals surface area contributed by atoms with E-state index in [1.807, 2.05) is 6.92 Å². The normalized spacial score (nSPS) is 18.4. The molecule has 2 saturated heterocycles. The van der Waals surface area contributed by atoms with Crippen LogP contribution in [0.25, 0.3) is 0 Å². The number of urea groups is 1. The quantitative estimate of drug-likeness (QED) is 0.708. The maximum atomic E-state index is 14.6. The second-order valence-corrected chi connectivity index (χ2v) is 8.94. The fourth-order valence-electron chi connectivity index (χ4n) is 4.41. The van der Waals surface area contributed by atoms with Gasteiger partial charge in [0.05, 0.1) is 24.2 Å². The van der Waals surface area contributed by atoms with Gasteiger partial charge in [-0.2, -0.15) is 0 Å². The number of benzene rings is 1. The zero-order chi connectivity index (χ0) is 23.9. The molecule has 0 unspecified atom stereocenters. The van der Waals surface area contributed by atoms with Gasteiger partial charge in [-0.3, -0.25) is 14.5 Å². The molecule has 8 nitrogen and oxygen atoms in total. The third-order valence-electron chi connectivity index (χ3n) is 5.97. The van der Waals surface area contributed by atoms with Crippen LogP contribution in [-0.2, 0) is 9.59 Å². The van der Waals surface area contributed by atoms with Crippen LogP contribution >= 0.6 is 23.2 Å². The minimum atomic E-state index is -1.35. The molecule has 1 spiro atoms. The fourth-order valence-corrected chi connectivity index (χ4v) is 4.68. The molecule has 2 aromatic rings. The van der Waals surface area contributed by atoms with Crippen LogP contribution in [0.4, 0.5) is 15.0 Å². The lowest BCUT2D eigenvalue weighted by Gasteiger charge is -2.59. The number of halogens is 3. The Morgan fingerprint density at radius 3 is 2.48 bits per heavy atom. The summed E-state index contributed by atoms with van der Waals surface area (Å²) < 4.78 is 14.6. The highest BCUT2D eigenvalue weighted by Gasteiger charge is 2.62. The highest BCUT2D eigenvalue weighted by Crippen LogP contribution is 2.41. The van der Waals surface area contributed by atoms with Crippen LogP contribution < -0.4 is 10.2 Å². The third-order valence-corrected chi connectivity index (χ3v) is 6.43. The lowest BCUT2D eigenvalue weighted by molar-refractivity contribution is -0.164. The van der Waals surface area contributed by atoms with Gasteiger partial charge in [0.2, 0.25) is 5.91 Å². The predicted molar refractivity (Wildman–Crippen MR) is 122 cm³/mol. The monoisotopic (exact) mass is 493 g/mol. The second kappa shape index (κ2) is 8.79. The molecular weight excluding hydrogens is 472 g/mol. The summed E-state index contributed by atoms with van der Waals surface area (Å²) in [6.45, 7) is 3.59. The lowest BCUT2D eigenvalue weighted by atomic mass is 9.82. The zero-order valence-electron chi connectivity index (χ0n) is 18.0. The number of carbonyl (C=O) groups excluding carboxylic acids is 3. The number of rotatable bonds is 4. The van der Waals surface area contributed by atoms with E-state index in [0.29, 0.717) is 11.6 Å². The summed E-state index contributed by atoms with van der Waals surface area (Å²) in [7, 11) is 0. The third kappa shape index (κ3) is 4.00. The van der Waals surface area contributed by atoms with Gasteiger partial charge in [-0.05, 0) is 37.6 Å². The maximum Gasteiger partial charge on any atom is 0.317 e. The topological polar surface area (TPSA) is 85.9 Å². The predicted octanol–water partition coefficient (Wildman–Crippen LogP) is 3.25. The van der Waals surface area contributed by atoms with Crippen molar-refractivity contribution in [3.8, 4) is 0 Å². The van der Waals surface area contributed by atoms with Crippen LogP contribution in [0.5, 0.6) is 0 Å². The van der Waals surface area contributed by atoms with Crippen molar-refractivity contribution >= 4 is 46.9 Å². The van der Waals surface area contributed by atoms with Crippen molar-refractivity contribution < 1.29 is 18.8 Å². The van der Waals surface area contributed by atoms with Crippen molar-refractivity contribution in [1.82, 2.24) is 20.1 Å². The smallest absolute Gasteiger partial charge is 0.317 e. The lowest BCUT2D eigenvalue weighted by Crippen LogP contribution is -2.82. The fraction of sp³-hybridized carbons (Fsp3) is 0.364. The molecule has 174 valence electrons. The Morgan fingerprint density at radius 2 is 1.88 bits per heavy atom. The van der Waals surface area contributed by atoms with Gasteiger partial charge >= 0.3 is 6.03 Å². The molecule has 1 N–H and O–H groups in total. The zero-order valence-corrected chi connectivity index (χ0v) is 19.5. The Morgan fingerprint density at radius 1 is 1.21 bits per heavy atom. The number of piperazine rings is 1. The summed E-state index contributed by atoms with van der Waals surface area (Å²) in [4.78, 5) is 47.4. The molecule has 1 aromatic heterocycles. The molecule has 0 saturated carbocycles. The summed E-state index contributed by atoms with van der Waals surface area (Å²) in [6, 6.07) is 7.19. The van der Waals surface area contributed by atoms with Crippen molar-refractivity contribution in [1.29, 1.82) is 0 Å². The van der Waals surface area contributed by atoms with E-state index in [-0.39, 0.29) is 42.4 Å². The van der Waals surface area contributed by atoms with E-state index in [9.17, 15) is 18.8 Å². The molecule has 0 bridgehead atoms. The average molecular weight is 494 g/mol. The number of hydrogen-bond acceptors (Lipinski definition) is 4. The molecule has 2 aliphatic rings. The highest BCUT2D eigenvalue weighted by atomic mass is 35.5. The standard InChI is InChI=1S/C22H22Cl2FN5O3/c1-3-26-21(33)28-11-22(12-28)20(32)29(19-17(25)8-16(24)9-27-19)10-18(31)30(22)13(2)14-4-6-15(23)7-5-14/h4-9,13H,3,10-12H2,1-2H3,(H,26,33)/t13-/m0/s1. The van der Waals surface area contributed by atoms with E-state index >= 15 is 0 Å². The molecule has 2 aliphatic heterocycles. The Labute approximate surface area is 200 Å². The van der Waals surface area contributed by atoms with Crippen molar-refractivity contribution in [2.45, 2.75) is 25.4 Å². The highest BCUT2D eigenvalue weighted by molar-refractivity contribution is 6.30. The first kappa shape index (κ1) is 23.3. The summed E-state index contributed by atoms with van der Waals surface area (Å²) in [6.07, 6.45) is 1.22. The van der Waals surface area contributed by atoms with Crippen molar-refractivity contribution in [3.63, 3.8) is 0 Å². The number of nitrogens with zero attached hydrogens (tertiary/aromatic N) is 4. The summed E-state index contributed by atoms with van der Waals surface area (Å²) in [5.74, 6) is -1.97. The van der Waals surface area contributed by atoms with Gasteiger partial charge < -0.3 is 15.1 Å². The maximum absolute atomic E-state index is 14.6. The van der Waals surface area contributed by atoms with Gasteiger partial charge in [-0.1, -0.05) is 35.3 Å². The van der Waals surface area contributed by atoms with Crippen LogP contribution in [0.1, 0.15) is 25.5 Å². The molecule has 3 heterocycles. The Balaban J connectivity index is 1.72. The average Bonchev–Trinajstić information content (AvgIpc) is 2.74. The molecule has 11 heteroatoms. The molecule has 4 amide bonds. The molecule has 4 rings (SSSR count). The SMILES string of the molecule is CCNC(=O)N1CC2(C1)C(=O)N(c1ncc(Cl)cc1F)CC(=O)N2[C@@H](C)c1ccc(Cl)cc1. The summed E-state index contributed by atoms with van der Waals surface area (Å²) in [5, 5.41) is 3.31. The van der Waals surface area contributed by atoms with Gasteiger partial charge in [0, 0.05) is 17.8 Å². The Bertz CT molecular complexity index is 1110. The summed E-state index contributed by atoms with van der Waals surface area (Å²) in [5.41, 5.74) is -0.576. The van der Waals surface area contributed by atoms with Gasteiger partial charge in [0.25, 0.3) is 5.91 Å². The summed E-state index contributed by atoms with van der Waals surface area (Å²) >= 11 is 11.8. The van der Waals surface area contributed by atoms with Crippen molar-refractivity contribution in [2.24, 2.45) is 0 Å². The first-order chi connectivity index (χ1) is 15.7. The van der Waals surface area contributed by atoms with E-state index in [2.05, 4.69) is 10.3 Å². The van der Waals surface area contributed by atoms with E-state index in [4.69, 9.17) is 23.2 Å². The van der Waals surface area contributed by atoms with Crippen LogP contribution in [0.2, 0.25) is 10.0 Å². The molecule has 0 radical (unpaired) electrons. The van der Waals surface area contributed by atoms with Gasteiger partial charge in [0.1, 0.15) is 6.54 Å². The number of anilines is 1. The molecule has 0 aliphatic carbocycles. The number of pyridine rings is 1. The number of aromatic nitrogens is 1. The molecule has 1 aromatic carbocycles. The number of carbonyl (C=O) groups is 3. The van der Waals surface area contributed by atoms with Gasteiger partial charge in [-0.25, -0.2) is 14.2 Å². The van der Waals surface area contributed by atoms with Crippen LogP contribution in [0, 0.1) is 5.82 Å². The number of hydrogen-bond donors (Lipinski definition) is 1. The van der Waals surface area contributed by atoms with E-state index in [1.165, 1.54) is 16.0 Å². The minimum absolute atomic E-state index is 0.0208.